The van der Waals surface area contributed by atoms with E-state index in [1.165, 1.54) is 11.1 Å². The monoisotopic (exact) mass is 529 g/mol. The molecule has 2 N–H and O–H groups in total. The summed E-state index contributed by atoms with van der Waals surface area (Å²) in [6.45, 7) is 9.21. The van der Waals surface area contributed by atoms with Crippen molar-refractivity contribution in [2.24, 2.45) is 0 Å². The Balaban J connectivity index is 1.96. The molecule has 0 aromatic heterocycles. The molecule has 2 aromatic rings. The summed E-state index contributed by atoms with van der Waals surface area (Å²) in [7, 11) is 0. The smallest absolute Gasteiger partial charge is 0.338 e. The largest absolute Gasteiger partial charge is 0.479 e. The molecule has 9 nitrogen and oxygen atoms in total. The maximum atomic E-state index is 12.9. The van der Waals surface area contributed by atoms with Gasteiger partial charge in [-0.15, -0.1) is 0 Å². The Morgan fingerprint density at radius 2 is 1.63 bits per heavy atom. The summed E-state index contributed by atoms with van der Waals surface area (Å²) in [6.07, 6.45) is -2.04. The number of nitrogens with one attached hydrogen (secondary N) is 1. The number of aliphatic carboxylic acids is 1. The maximum Gasteiger partial charge on any atom is 0.338 e. The highest BCUT2D eigenvalue weighted by molar-refractivity contribution is 5.85. The van der Waals surface area contributed by atoms with Gasteiger partial charge in [-0.25, -0.2) is 14.4 Å². The summed E-state index contributed by atoms with van der Waals surface area (Å²) in [6, 6.07) is 15.1. The van der Waals surface area contributed by atoms with Crippen LogP contribution in [0.2, 0.25) is 0 Å². The first-order valence-electron chi connectivity index (χ1n) is 12.7. The molecule has 0 aliphatic carbocycles. The molecule has 38 heavy (non-hydrogen) atoms. The van der Waals surface area contributed by atoms with Crippen LogP contribution in [0.1, 0.15) is 50.3 Å². The first-order valence-corrected chi connectivity index (χ1v) is 12.7. The summed E-state index contributed by atoms with van der Waals surface area (Å²) >= 11 is 0. The quantitative estimate of drug-likeness (QED) is 0.255. The number of esters is 2. The molecule has 0 spiro atoms. The summed E-state index contributed by atoms with van der Waals surface area (Å²) in [5, 5.41) is 13.1. The first kappa shape index (κ1) is 30.8. The number of unbranched alkanes of at least 4 members (excludes halogenated alkanes) is 1. The third-order valence-corrected chi connectivity index (χ3v) is 5.48. The fourth-order valence-corrected chi connectivity index (χ4v) is 3.43. The number of anilines is 1. The number of rotatable bonds is 15. The highest BCUT2D eigenvalue weighted by Crippen LogP contribution is 2.15. The Hall–Kier alpha value is -3.43. The van der Waals surface area contributed by atoms with E-state index in [1.807, 2.05) is 12.1 Å². The number of carboxylic acids is 1. The van der Waals surface area contributed by atoms with Gasteiger partial charge in [0.2, 0.25) is 0 Å². The summed E-state index contributed by atoms with van der Waals surface area (Å²) in [4.78, 5) is 36.9. The second kappa shape index (κ2) is 15.1. The molecule has 2 atom stereocenters. The van der Waals surface area contributed by atoms with Crippen molar-refractivity contribution in [1.29, 1.82) is 0 Å². The van der Waals surface area contributed by atoms with Crippen LogP contribution in [0.15, 0.2) is 48.5 Å². The van der Waals surface area contributed by atoms with Gasteiger partial charge in [-0.05, 0) is 76.3 Å². The Bertz CT molecular complexity index is 1050. The van der Waals surface area contributed by atoms with Crippen molar-refractivity contribution in [3.8, 4) is 0 Å². The third kappa shape index (κ3) is 11.3. The molecular formula is C29H39NO8. The third-order valence-electron chi connectivity index (χ3n) is 5.48. The van der Waals surface area contributed by atoms with Crippen LogP contribution in [-0.4, -0.2) is 60.6 Å². The zero-order valence-electron chi connectivity index (χ0n) is 22.8. The molecule has 0 aliphatic rings. The van der Waals surface area contributed by atoms with Gasteiger partial charge in [0.15, 0.2) is 12.2 Å². The molecular weight excluding hydrogens is 490 g/mol. The first-order chi connectivity index (χ1) is 18.0. The molecule has 9 heteroatoms. The van der Waals surface area contributed by atoms with E-state index >= 15 is 0 Å². The van der Waals surface area contributed by atoms with Gasteiger partial charge in [0.05, 0.1) is 0 Å². The second-order valence-electron chi connectivity index (χ2n) is 9.97. The average molecular weight is 530 g/mol. The highest BCUT2D eigenvalue weighted by atomic mass is 16.6. The fraction of sp³-hybridized carbons (Fsp3) is 0.483. The van der Waals surface area contributed by atoms with Gasteiger partial charge in [-0.1, -0.05) is 36.4 Å². The molecule has 0 heterocycles. The standard InChI is InChI=1S/C29H39NO8/c1-20-13-14-23(17-21(20)2)30-15-9-10-16-35-26(28(34)37-18-22-11-7-6-8-12-22)25(27(32)33)36-19-24(31)38-29(3,4)5/h6-8,11-14,17,25-26,30H,9-10,15-16,18-19H2,1-5H3,(H,32,33)/t25-,26-/m1/s1. The topological polar surface area (TPSA) is 120 Å². The van der Waals surface area contributed by atoms with Crippen molar-refractivity contribution in [3.05, 3.63) is 65.2 Å². The van der Waals surface area contributed by atoms with Gasteiger partial charge in [-0.2, -0.15) is 0 Å². The number of carbonyl (C=O) groups excluding carboxylic acids is 2. The van der Waals surface area contributed by atoms with E-state index in [9.17, 15) is 19.5 Å². The van der Waals surface area contributed by atoms with Crippen molar-refractivity contribution in [2.45, 2.75) is 71.9 Å². The molecule has 0 saturated carbocycles. The van der Waals surface area contributed by atoms with Crippen molar-refractivity contribution >= 4 is 23.6 Å². The molecule has 2 aromatic carbocycles. The lowest BCUT2D eigenvalue weighted by atomic mass is 10.1. The number of hydrogen-bond donors (Lipinski definition) is 2. The van der Waals surface area contributed by atoms with E-state index in [0.29, 0.717) is 13.0 Å². The Morgan fingerprint density at radius 3 is 2.26 bits per heavy atom. The van der Waals surface area contributed by atoms with Crippen LogP contribution >= 0.6 is 0 Å². The number of hydrogen-bond acceptors (Lipinski definition) is 8. The van der Waals surface area contributed by atoms with Crippen LogP contribution in [0, 0.1) is 13.8 Å². The van der Waals surface area contributed by atoms with E-state index in [-0.39, 0.29) is 13.2 Å². The molecule has 0 fully saturated rings. The minimum Gasteiger partial charge on any atom is -0.479 e. The van der Waals surface area contributed by atoms with Crippen molar-refractivity contribution in [1.82, 2.24) is 0 Å². The van der Waals surface area contributed by atoms with Gasteiger partial charge in [0.1, 0.15) is 18.8 Å². The van der Waals surface area contributed by atoms with Crippen LogP contribution in [-0.2, 0) is 39.9 Å². The zero-order valence-corrected chi connectivity index (χ0v) is 22.8. The molecule has 0 aliphatic heterocycles. The number of ether oxygens (including phenoxy) is 4. The lowest BCUT2D eigenvalue weighted by molar-refractivity contribution is -0.186. The number of carboxylic acid groups (broad SMARTS) is 1. The summed E-state index contributed by atoms with van der Waals surface area (Å²) < 4.78 is 21.5. The van der Waals surface area contributed by atoms with Gasteiger partial charge in [-0.3, -0.25) is 0 Å². The predicted octanol–water partition coefficient (Wildman–Crippen LogP) is 4.44. The van der Waals surface area contributed by atoms with Crippen LogP contribution < -0.4 is 5.32 Å². The van der Waals surface area contributed by atoms with Crippen molar-refractivity contribution in [3.63, 3.8) is 0 Å². The molecule has 2 rings (SSSR count). The lowest BCUT2D eigenvalue weighted by Crippen LogP contribution is -2.45. The van der Waals surface area contributed by atoms with Gasteiger partial charge in [0, 0.05) is 18.8 Å². The summed E-state index contributed by atoms with van der Waals surface area (Å²) in [5.41, 5.74) is 3.39. The minimum atomic E-state index is -1.75. The zero-order chi connectivity index (χ0) is 28.1. The predicted molar refractivity (Wildman–Crippen MR) is 143 cm³/mol. The lowest BCUT2D eigenvalue weighted by Gasteiger charge is -2.24. The van der Waals surface area contributed by atoms with Gasteiger partial charge >= 0.3 is 17.9 Å². The van der Waals surface area contributed by atoms with Crippen molar-refractivity contribution < 1.29 is 38.4 Å². The van der Waals surface area contributed by atoms with Crippen LogP contribution in [0.5, 0.6) is 0 Å². The normalized spacial score (nSPS) is 12.9. The highest BCUT2D eigenvalue weighted by Gasteiger charge is 2.38. The van der Waals surface area contributed by atoms with Gasteiger partial charge < -0.3 is 29.4 Å². The Kier molecular flexibility index (Phi) is 12.2. The summed E-state index contributed by atoms with van der Waals surface area (Å²) in [5.74, 6) is -3.09. The van der Waals surface area contributed by atoms with Crippen LogP contribution in [0.3, 0.4) is 0 Å². The molecule has 0 bridgehead atoms. The Morgan fingerprint density at radius 1 is 0.921 bits per heavy atom. The number of carbonyl (C=O) groups is 3. The molecule has 208 valence electrons. The van der Waals surface area contributed by atoms with Crippen LogP contribution in [0.4, 0.5) is 5.69 Å². The minimum absolute atomic E-state index is 0.0577. The maximum absolute atomic E-state index is 12.9. The van der Waals surface area contributed by atoms with Crippen molar-refractivity contribution in [2.75, 3.05) is 25.1 Å². The second-order valence-corrected chi connectivity index (χ2v) is 9.97. The van der Waals surface area contributed by atoms with E-state index in [0.717, 1.165) is 17.7 Å². The SMILES string of the molecule is Cc1ccc(NCCCCO[C@@H](C(=O)OCc2ccccc2)[C@@H](OCC(=O)OC(C)(C)C)C(=O)O)cc1C. The van der Waals surface area contributed by atoms with E-state index in [1.54, 1.807) is 45.0 Å². The Labute approximate surface area is 224 Å². The van der Waals surface area contributed by atoms with Gasteiger partial charge in [0.25, 0.3) is 0 Å². The van der Waals surface area contributed by atoms with Crippen LogP contribution in [0.25, 0.3) is 0 Å². The number of benzene rings is 2. The van der Waals surface area contributed by atoms with E-state index in [4.69, 9.17) is 18.9 Å². The molecule has 0 amide bonds. The fourth-order valence-electron chi connectivity index (χ4n) is 3.43. The molecule has 0 saturated heterocycles. The molecule has 0 unspecified atom stereocenters. The van der Waals surface area contributed by atoms with E-state index in [2.05, 4.69) is 31.3 Å². The molecule has 0 radical (unpaired) electrons. The average Bonchev–Trinajstić information content (AvgIpc) is 2.84. The van der Waals surface area contributed by atoms with E-state index < -0.39 is 42.3 Å². The number of aryl methyl sites for hydroxylation is 2.